The van der Waals surface area contributed by atoms with Gasteiger partial charge in [-0.3, -0.25) is 4.79 Å². The number of piperidine rings is 1. The minimum Gasteiger partial charge on any atom is -0.493 e. The van der Waals surface area contributed by atoms with Crippen LogP contribution in [0.3, 0.4) is 0 Å². The van der Waals surface area contributed by atoms with Crippen LogP contribution in [0.25, 0.3) is 0 Å². The van der Waals surface area contributed by atoms with Gasteiger partial charge in [0, 0.05) is 19.1 Å². The van der Waals surface area contributed by atoms with Gasteiger partial charge >= 0.3 is 0 Å². The van der Waals surface area contributed by atoms with Crippen molar-refractivity contribution < 1.29 is 14.3 Å². The minimum absolute atomic E-state index is 0.00203. The lowest BCUT2D eigenvalue weighted by Gasteiger charge is -2.30. The number of likely N-dealkylation sites (tertiary alicyclic amines) is 1. The first kappa shape index (κ1) is 13.7. The molecule has 0 unspecified atom stereocenters. The van der Waals surface area contributed by atoms with Crippen LogP contribution in [0.4, 0.5) is 0 Å². The summed E-state index contributed by atoms with van der Waals surface area (Å²) in [5, 5.41) is 0. The molecule has 1 aromatic carbocycles. The van der Waals surface area contributed by atoms with Crippen molar-refractivity contribution in [2.75, 3.05) is 26.8 Å². The summed E-state index contributed by atoms with van der Waals surface area (Å²) in [7, 11) is 1.58. The molecule has 19 heavy (non-hydrogen) atoms. The lowest BCUT2D eigenvalue weighted by molar-refractivity contribution is -0.134. The van der Waals surface area contributed by atoms with Crippen molar-refractivity contribution >= 4 is 5.91 Å². The molecule has 0 aromatic heterocycles. The van der Waals surface area contributed by atoms with E-state index in [1.807, 2.05) is 12.1 Å². The minimum atomic E-state index is -0.00203. The van der Waals surface area contributed by atoms with Gasteiger partial charge in [0.15, 0.2) is 18.1 Å². The fourth-order valence-corrected chi connectivity index (χ4v) is 2.12. The highest BCUT2D eigenvalue weighted by Gasteiger charge is 2.21. The molecule has 5 nitrogen and oxygen atoms in total. The Balaban J connectivity index is 1.86. The molecule has 0 radical (unpaired) electrons. The second-order valence-corrected chi connectivity index (χ2v) is 4.66. The number of carbonyl (C=O) groups excluding carboxylic acids is 1. The number of rotatable bonds is 4. The largest absolute Gasteiger partial charge is 0.493 e. The molecule has 0 atom stereocenters. The van der Waals surface area contributed by atoms with Crippen molar-refractivity contribution in [1.29, 1.82) is 0 Å². The van der Waals surface area contributed by atoms with E-state index in [1.54, 1.807) is 24.1 Å². The number of ether oxygens (including phenoxy) is 2. The Morgan fingerprint density at radius 3 is 2.58 bits per heavy atom. The van der Waals surface area contributed by atoms with Crippen molar-refractivity contribution in [2.24, 2.45) is 5.73 Å². The highest BCUT2D eigenvalue weighted by Crippen LogP contribution is 2.25. The molecule has 1 heterocycles. The topological polar surface area (TPSA) is 64.8 Å². The maximum Gasteiger partial charge on any atom is 0.260 e. The summed E-state index contributed by atoms with van der Waals surface area (Å²) in [4.78, 5) is 13.8. The van der Waals surface area contributed by atoms with Crippen LogP contribution in [0.15, 0.2) is 24.3 Å². The third kappa shape index (κ3) is 3.61. The molecule has 0 spiro atoms. The van der Waals surface area contributed by atoms with E-state index in [0.29, 0.717) is 11.5 Å². The molecule has 1 aliphatic rings. The summed E-state index contributed by atoms with van der Waals surface area (Å²) in [5.74, 6) is 1.22. The van der Waals surface area contributed by atoms with E-state index in [9.17, 15) is 4.79 Å². The maximum atomic E-state index is 12.0. The number of benzene rings is 1. The van der Waals surface area contributed by atoms with E-state index in [4.69, 9.17) is 15.2 Å². The third-order valence-electron chi connectivity index (χ3n) is 3.31. The van der Waals surface area contributed by atoms with Crippen molar-refractivity contribution in [3.8, 4) is 11.5 Å². The number of amides is 1. The zero-order chi connectivity index (χ0) is 13.7. The van der Waals surface area contributed by atoms with Crippen LogP contribution in [-0.2, 0) is 4.79 Å². The van der Waals surface area contributed by atoms with E-state index in [1.165, 1.54) is 0 Å². The molecule has 1 aromatic rings. The summed E-state index contributed by atoms with van der Waals surface area (Å²) in [6.45, 7) is 1.47. The van der Waals surface area contributed by atoms with Crippen LogP contribution in [0.1, 0.15) is 12.8 Å². The zero-order valence-corrected chi connectivity index (χ0v) is 11.2. The number of carbonyl (C=O) groups is 1. The van der Waals surface area contributed by atoms with Crippen LogP contribution in [0.5, 0.6) is 11.5 Å². The van der Waals surface area contributed by atoms with Crippen LogP contribution in [0, 0.1) is 0 Å². The van der Waals surface area contributed by atoms with Gasteiger partial charge in [-0.1, -0.05) is 12.1 Å². The fourth-order valence-electron chi connectivity index (χ4n) is 2.12. The van der Waals surface area contributed by atoms with Gasteiger partial charge in [-0.15, -0.1) is 0 Å². The van der Waals surface area contributed by atoms with Gasteiger partial charge in [0.1, 0.15) is 0 Å². The van der Waals surface area contributed by atoms with Gasteiger partial charge in [-0.2, -0.15) is 0 Å². The van der Waals surface area contributed by atoms with Crippen LogP contribution in [0.2, 0.25) is 0 Å². The molecule has 1 amide bonds. The van der Waals surface area contributed by atoms with Gasteiger partial charge in [-0.05, 0) is 25.0 Å². The summed E-state index contributed by atoms with van der Waals surface area (Å²) in [6.07, 6.45) is 1.72. The number of hydrogen-bond donors (Lipinski definition) is 1. The molecule has 0 bridgehead atoms. The van der Waals surface area contributed by atoms with Crippen molar-refractivity contribution in [3.63, 3.8) is 0 Å². The second kappa shape index (κ2) is 6.43. The van der Waals surface area contributed by atoms with Crippen LogP contribution in [-0.4, -0.2) is 43.7 Å². The molecule has 1 saturated heterocycles. The Morgan fingerprint density at radius 1 is 1.32 bits per heavy atom. The summed E-state index contributed by atoms with van der Waals surface area (Å²) in [5.41, 5.74) is 5.81. The fraction of sp³-hybridized carbons (Fsp3) is 0.500. The van der Waals surface area contributed by atoms with Gasteiger partial charge < -0.3 is 20.1 Å². The molecule has 104 valence electrons. The SMILES string of the molecule is COc1ccccc1OCC(=O)N1CCC(N)CC1. The summed E-state index contributed by atoms with van der Waals surface area (Å²) < 4.78 is 10.7. The number of hydrogen-bond acceptors (Lipinski definition) is 4. The molecule has 2 rings (SSSR count). The average Bonchev–Trinajstić information content (AvgIpc) is 2.45. The third-order valence-corrected chi connectivity index (χ3v) is 3.31. The van der Waals surface area contributed by atoms with Crippen LogP contribution < -0.4 is 15.2 Å². The number of nitrogens with two attached hydrogens (primary N) is 1. The predicted molar refractivity (Wildman–Crippen MR) is 72.3 cm³/mol. The quantitative estimate of drug-likeness (QED) is 0.882. The van der Waals surface area contributed by atoms with Crippen LogP contribution >= 0.6 is 0 Å². The molecule has 2 N–H and O–H groups in total. The number of methoxy groups -OCH3 is 1. The van der Waals surface area contributed by atoms with E-state index in [-0.39, 0.29) is 18.6 Å². The lowest BCUT2D eigenvalue weighted by Crippen LogP contribution is -2.44. The second-order valence-electron chi connectivity index (χ2n) is 4.66. The smallest absolute Gasteiger partial charge is 0.260 e. The van der Waals surface area contributed by atoms with Gasteiger partial charge in [-0.25, -0.2) is 0 Å². The lowest BCUT2D eigenvalue weighted by atomic mass is 10.1. The molecule has 0 aliphatic carbocycles. The molecular formula is C14H20N2O3. The van der Waals surface area contributed by atoms with E-state index >= 15 is 0 Å². The predicted octanol–water partition coefficient (Wildman–Crippen LogP) is 1.02. The number of para-hydroxylation sites is 2. The highest BCUT2D eigenvalue weighted by molar-refractivity contribution is 5.78. The highest BCUT2D eigenvalue weighted by atomic mass is 16.5. The standard InChI is InChI=1S/C14H20N2O3/c1-18-12-4-2-3-5-13(12)19-10-14(17)16-8-6-11(15)7-9-16/h2-5,11H,6-10,15H2,1H3. The molecular weight excluding hydrogens is 244 g/mol. The summed E-state index contributed by atoms with van der Waals surface area (Å²) in [6, 6.07) is 7.53. The van der Waals surface area contributed by atoms with Gasteiger partial charge in [0.2, 0.25) is 0 Å². The molecule has 0 saturated carbocycles. The Morgan fingerprint density at radius 2 is 1.95 bits per heavy atom. The molecule has 1 aliphatic heterocycles. The monoisotopic (exact) mass is 264 g/mol. The molecule has 5 heteroatoms. The Hall–Kier alpha value is -1.75. The maximum absolute atomic E-state index is 12.0. The molecule has 1 fully saturated rings. The number of nitrogens with zero attached hydrogens (tertiary/aromatic N) is 1. The normalized spacial score (nSPS) is 16.2. The first-order valence-electron chi connectivity index (χ1n) is 6.50. The first-order chi connectivity index (χ1) is 9.20. The Labute approximate surface area is 113 Å². The average molecular weight is 264 g/mol. The first-order valence-corrected chi connectivity index (χ1v) is 6.50. The Bertz CT molecular complexity index is 428. The van der Waals surface area contributed by atoms with E-state index in [0.717, 1.165) is 25.9 Å². The van der Waals surface area contributed by atoms with Gasteiger partial charge in [0.25, 0.3) is 5.91 Å². The summed E-state index contributed by atoms with van der Waals surface area (Å²) >= 11 is 0. The van der Waals surface area contributed by atoms with Crippen molar-refractivity contribution in [2.45, 2.75) is 18.9 Å². The van der Waals surface area contributed by atoms with Gasteiger partial charge in [0.05, 0.1) is 7.11 Å². The van der Waals surface area contributed by atoms with Crippen molar-refractivity contribution in [3.05, 3.63) is 24.3 Å². The zero-order valence-electron chi connectivity index (χ0n) is 11.2. The van der Waals surface area contributed by atoms with E-state index in [2.05, 4.69) is 0 Å². The van der Waals surface area contributed by atoms with E-state index < -0.39 is 0 Å². The Kier molecular flexibility index (Phi) is 4.63. The van der Waals surface area contributed by atoms with Crippen molar-refractivity contribution in [1.82, 2.24) is 4.90 Å².